The summed E-state index contributed by atoms with van der Waals surface area (Å²) in [5.74, 6) is 0.0958. The molecular formula is C13H18N4O2. The lowest BCUT2D eigenvalue weighted by atomic mass is 10.0. The molecule has 19 heavy (non-hydrogen) atoms. The van der Waals surface area contributed by atoms with Crippen LogP contribution in [0, 0.1) is 6.92 Å². The first-order valence-corrected chi connectivity index (χ1v) is 6.41. The first-order chi connectivity index (χ1) is 9.00. The molecule has 2 rings (SSSR count). The van der Waals surface area contributed by atoms with Gasteiger partial charge in [-0.25, -0.2) is 9.97 Å². The molecule has 1 aromatic rings. The second-order valence-corrected chi connectivity index (χ2v) is 4.82. The maximum atomic E-state index is 11.6. The number of likely N-dealkylation sites (tertiary alicyclic amines) is 1. The minimum atomic E-state index is -0.531. The molecule has 0 aliphatic carbocycles. The molecule has 0 spiro atoms. The molecule has 1 aromatic heterocycles. The summed E-state index contributed by atoms with van der Waals surface area (Å²) >= 11 is 0. The van der Waals surface area contributed by atoms with Crippen molar-refractivity contribution < 1.29 is 9.59 Å². The van der Waals surface area contributed by atoms with Crippen LogP contribution in [-0.4, -0.2) is 33.2 Å². The Balaban J connectivity index is 2.32. The van der Waals surface area contributed by atoms with E-state index in [-0.39, 0.29) is 11.9 Å². The van der Waals surface area contributed by atoms with Crippen LogP contribution >= 0.6 is 0 Å². The van der Waals surface area contributed by atoms with Gasteiger partial charge in [0.2, 0.25) is 5.91 Å². The van der Waals surface area contributed by atoms with Crippen molar-refractivity contribution in [2.75, 3.05) is 6.54 Å². The fourth-order valence-electron chi connectivity index (χ4n) is 2.46. The molecule has 6 heteroatoms. The van der Waals surface area contributed by atoms with Crippen LogP contribution in [0.15, 0.2) is 6.20 Å². The van der Waals surface area contributed by atoms with E-state index in [1.54, 1.807) is 18.7 Å². The van der Waals surface area contributed by atoms with Crippen molar-refractivity contribution in [2.45, 2.75) is 39.2 Å². The zero-order chi connectivity index (χ0) is 14.0. The minimum Gasteiger partial charge on any atom is -0.365 e. The zero-order valence-electron chi connectivity index (χ0n) is 11.2. The molecule has 1 saturated heterocycles. The zero-order valence-corrected chi connectivity index (χ0v) is 11.2. The standard InChI is InChI=1S/C13H18N4O2/c1-8-10(12(14)19)7-15-13(16-8)11-5-3-4-6-17(11)9(2)18/h7,11H,3-6H2,1-2H3,(H2,14,19)/t11-/m0/s1. The van der Waals surface area contributed by atoms with E-state index in [2.05, 4.69) is 9.97 Å². The molecule has 0 bridgehead atoms. The second kappa shape index (κ2) is 5.34. The fraction of sp³-hybridized carbons (Fsp3) is 0.538. The molecule has 102 valence electrons. The molecule has 1 atom stereocenters. The molecule has 1 aliphatic heterocycles. The number of aromatic nitrogens is 2. The van der Waals surface area contributed by atoms with Gasteiger partial charge in [-0.05, 0) is 26.2 Å². The van der Waals surface area contributed by atoms with Gasteiger partial charge in [0.15, 0.2) is 5.82 Å². The first-order valence-electron chi connectivity index (χ1n) is 6.41. The number of aryl methyl sites for hydroxylation is 1. The number of hydrogen-bond acceptors (Lipinski definition) is 4. The molecule has 1 fully saturated rings. The number of primary amides is 1. The molecule has 0 aromatic carbocycles. The van der Waals surface area contributed by atoms with E-state index in [1.807, 2.05) is 0 Å². The van der Waals surface area contributed by atoms with Gasteiger partial charge in [-0.2, -0.15) is 0 Å². The summed E-state index contributed by atoms with van der Waals surface area (Å²) in [6, 6.07) is -0.0909. The number of carbonyl (C=O) groups excluding carboxylic acids is 2. The Kier molecular flexibility index (Phi) is 3.78. The van der Waals surface area contributed by atoms with Crippen LogP contribution in [0.3, 0.4) is 0 Å². The Hall–Kier alpha value is -1.98. The fourth-order valence-corrected chi connectivity index (χ4v) is 2.46. The Bertz CT molecular complexity index is 515. The summed E-state index contributed by atoms with van der Waals surface area (Å²) in [6.07, 6.45) is 4.37. The third kappa shape index (κ3) is 2.72. The normalized spacial score (nSPS) is 19.3. The summed E-state index contributed by atoms with van der Waals surface area (Å²) in [5, 5.41) is 0. The van der Waals surface area contributed by atoms with Gasteiger partial charge in [0, 0.05) is 19.7 Å². The summed E-state index contributed by atoms with van der Waals surface area (Å²) in [7, 11) is 0. The van der Waals surface area contributed by atoms with E-state index in [0.717, 1.165) is 25.8 Å². The molecule has 2 amide bonds. The van der Waals surface area contributed by atoms with Gasteiger partial charge in [-0.15, -0.1) is 0 Å². The van der Waals surface area contributed by atoms with Crippen molar-refractivity contribution >= 4 is 11.8 Å². The van der Waals surface area contributed by atoms with Crippen LogP contribution in [0.4, 0.5) is 0 Å². The number of rotatable bonds is 2. The molecule has 6 nitrogen and oxygen atoms in total. The Morgan fingerprint density at radius 3 is 2.74 bits per heavy atom. The first kappa shape index (κ1) is 13.5. The third-order valence-corrected chi connectivity index (χ3v) is 3.47. The van der Waals surface area contributed by atoms with Crippen molar-refractivity contribution in [3.8, 4) is 0 Å². The largest absolute Gasteiger partial charge is 0.365 e. The van der Waals surface area contributed by atoms with Crippen LogP contribution in [0.2, 0.25) is 0 Å². The van der Waals surface area contributed by atoms with E-state index >= 15 is 0 Å². The maximum Gasteiger partial charge on any atom is 0.252 e. The van der Waals surface area contributed by atoms with Gasteiger partial charge in [-0.1, -0.05) is 0 Å². The molecule has 2 N–H and O–H groups in total. The van der Waals surface area contributed by atoms with Crippen LogP contribution in [-0.2, 0) is 4.79 Å². The van der Waals surface area contributed by atoms with E-state index in [0.29, 0.717) is 17.1 Å². The molecule has 0 unspecified atom stereocenters. The van der Waals surface area contributed by atoms with Crippen LogP contribution in [0.25, 0.3) is 0 Å². The summed E-state index contributed by atoms with van der Waals surface area (Å²) in [4.78, 5) is 33.1. The Labute approximate surface area is 112 Å². The van der Waals surface area contributed by atoms with Crippen molar-refractivity contribution in [1.29, 1.82) is 0 Å². The maximum absolute atomic E-state index is 11.6. The summed E-state index contributed by atoms with van der Waals surface area (Å²) in [6.45, 7) is 4.02. The highest BCUT2D eigenvalue weighted by molar-refractivity contribution is 5.93. The Morgan fingerprint density at radius 2 is 2.16 bits per heavy atom. The van der Waals surface area contributed by atoms with Crippen LogP contribution in [0.5, 0.6) is 0 Å². The SMILES string of the molecule is CC(=O)N1CCCC[C@H]1c1ncc(C(N)=O)c(C)n1. The predicted molar refractivity (Wildman–Crippen MR) is 69.3 cm³/mol. The number of nitrogens with two attached hydrogens (primary N) is 1. The van der Waals surface area contributed by atoms with Gasteiger partial charge in [0.05, 0.1) is 17.3 Å². The lowest BCUT2D eigenvalue weighted by Gasteiger charge is -2.34. The molecule has 0 radical (unpaired) electrons. The quantitative estimate of drug-likeness (QED) is 0.859. The van der Waals surface area contributed by atoms with E-state index in [4.69, 9.17) is 5.73 Å². The number of piperidine rings is 1. The number of hydrogen-bond donors (Lipinski definition) is 1. The average Bonchev–Trinajstić information content (AvgIpc) is 2.38. The van der Waals surface area contributed by atoms with Gasteiger partial charge in [0.25, 0.3) is 5.91 Å². The van der Waals surface area contributed by atoms with Gasteiger partial charge >= 0.3 is 0 Å². The topological polar surface area (TPSA) is 89.2 Å². The van der Waals surface area contributed by atoms with Gasteiger partial charge in [0.1, 0.15) is 0 Å². The lowest BCUT2D eigenvalue weighted by molar-refractivity contribution is -0.132. The lowest BCUT2D eigenvalue weighted by Crippen LogP contribution is -2.38. The molecule has 2 heterocycles. The number of amides is 2. The monoisotopic (exact) mass is 262 g/mol. The van der Waals surface area contributed by atoms with Gasteiger partial charge < -0.3 is 10.6 Å². The van der Waals surface area contributed by atoms with E-state index < -0.39 is 5.91 Å². The Morgan fingerprint density at radius 1 is 1.42 bits per heavy atom. The van der Waals surface area contributed by atoms with Crippen molar-refractivity contribution in [1.82, 2.24) is 14.9 Å². The highest BCUT2D eigenvalue weighted by Gasteiger charge is 2.28. The highest BCUT2D eigenvalue weighted by Crippen LogP contribution is 2.28. The smallest absolute Gasteiger partial charge is 0.252 e. The van der Waals surface area contributed by atoms with Crippen LogP contribution in [0.1, 0.15) is 54.1 Å². The predicted octanol–water partition coefficient (Wildman–Crippen LogP) is 0.957. The van der Waals surface area contributed by atoms with Crippen molar-refractivity contribution in [3.63, 3.8) is 0 Å². The van der Waals surface area contributed by atoms with Gasteiger partial charge in [-0.3, -0.25) is 9.59 Å². The third-order valence-electron chi connectivity index (χ3n) is 3.47. The minimum absolute atomic E-state index is 0.0323. The molecule has 1 aliphatic rings. The molecule has 0 saturated carbocycles. The highest BCUT2D eigenvalue weighted by atomic mass is 16.2. The van der Waals surface area contributed by atoms with Crippen molar-refractivity contribution in [3.05, 3.63) is 23.3 Å². The second-order valence-electron chi connectivity index (χ2n) is 4.82. The van der Waals surface area contributed by atoms with Crippen LogP contribution < -0.4 is 5.73 Å². The number of carbonyl (C=O) groups is 2. The van der Waals surface area contributed by atoms with Crippen molar-refractivity contribution in [2.24, 2.45) is 5.73 Å². The average molecular weight is 262 g/mol. The summed E-state index contributed by atoms with van der Waals surface area (Å²) in [5.41, 5.74) is 6.12. The molecular weight excluding hydrogens is 244 g/mol. The van der Waals surface area contributed by atoms with E-state index in [9.17, 15) is 9.59 Å². The van der Waals surface area contributed by atoms with E-state index in [1.165, 1.54) is 6.20 Å². The summed E-state index contributed by atoms with van der Waals surface area (Å²) < 4.78 is 0. The number of nitrogens with zero attached hydrogens (tertiary/aromatic N) is 3.